The van der Waals surface area contributed by atoms with E-state index in [1.807, 2.05) is 54.6 Å². The zero-order valence-electron chi connectivity index (χ0n) is 9.28. The van der Waals surface area contributed by atoms with Gasteiger partial charge in [0.05, 0.1) is 5.88 Å². The fraction of sp³-hybridized carbons (Fsp3) is 0.0667. The van der Waals surface area contributed by atoms with Crippen LogP contribution in [0, 0.1) is 11.8 Å². The molecule has 0 aliphatic carbocycles. The van der Waals surface area contributed by atoms with Gasteiger partial charge in [0.15, 0.2) is 0 Å². The maximum Gasteiger partial charge on any atom is 0.0839 e. The van der Waals surface area contributed by atoms with Gasteiger partial charge in [-0.25, -0.2) is 0 Å². The lowest BCUT2D eigenvalue weighted by molar-refractivity contribution is 1.54. The summed E-state index contributed by atoms with van der Waals surface area (Å²) >= 11 is 5.50. The Morgan fingerprint density at radius 1 is 0.882 bits per heavy atom. The van der Waals surface area contributed by atoms with Crippen LogP contribution in [-0.2, 0) is 0 Å². The number of hydrogen-bond donors (Lipinski definition) is 1. The van der Waals surface area contributed by atoms with E-state index in [0.717, 1.165) is 16.9 Å². The summed E-state index contributed by atoms with van der Waals surface area (Å²) in [7, 11) is 0. The van der Waals surface area contributed by atoms with Crippen LogP contribution in [0.1, 0.15) is 5.56 Å². The Kier molecular flexibility index (Phi) is 4.07. The summed E-state index contributed by atoms with van der Waals surface area (Å²) in [5.41, 5.74) is 3.10. The van der Waals surface area contributed by atoms with Crippen molar-refractivity contribution in [2.45, 2.75) is 0 Å². The quantitative estimate of drug-likeness (QED) is 0.619. The van der Waals surface area contributed by atoms with E-state index in [0.29, 0.717) is 5.88 Å². The minimum absolute atomic E-state index is 0.365. The Labute approximate surface area is 106 Å². The number of anilines is 2. The molecule has 84 valence electrons. The van der Waals surface area contributed by atoms with Crippen LogP contribution in [0.3, 0.4) is 0 Å². The van der Waals surface area contributed by atoms with Crippen LogP contribution in [0.5, 0.6) is 0 Å². The van der Waals surface area contributed by atoms with Gasteiger partial charge in [-0.15, -0.1) is 11.6 Å². The van der Waals surface area contributed by atoms with E-state index in [1.54, 1.807) is 0 Å². The van der Waals surface area contributed by atoms with Crippen LogP contribution < -0.4 is 5.32 Å². The molecule has 0 bridgehead atoms. The van der Waals surface area contributed by atoms with Gasteiger partial charge >= 0.3 is 0 Å². The highest BCUT2D eigenvalue weighted by molar-refractivity contribution is 6.19. The van der Waals surface area contributed by atoms with Crippen molar-refractivity contribution in [3.63, 3.8) is 0 Å². The summed E-state index contributed by atoms with van der Waals surface area (Å²) in [6.07, 6.45) is 0. The van der Waals surface area contributed by atoms with E-state index in [9.17, 15) is 0 Å². The highest BCUT2D eigenvalue weighted by atomic mass is 35.5. The summed E-state index contributed by atoms with van der Waals surface area (Å²) in [6.45, 7) is 0. The minimum Gasteiger partial charge on any atom is -0.356 e. The SMILES string of the molecule is ClCC#Cc1ccc(Nc2ccccc2)cc1. The molecule has 0 aromatic heterocycles. The normalized spacial score (nSPS) is 9.24. The molecule has 0 heterocycles. The van der Waals surface area contributed by atoms with Gasteiger partial charge in [0.1, 0.15) is 0 Å². The second kappa shape index (κ2) is 5.98. The number of hydrogen-bond acceptors (Lipinski definition) is 1. The van der Waals surface area contributed by atoms with E-state index in [4.69, 9.17) is 11.6 Å². The number of alkyl halides is 1. The van der Waals surface area contributed by atoms with Gasteiger partial charge in [-0.2, -0.15) is 0 Å². The highest BCUT2D eigenvalue weighted by Crippen LogP contribution is 2.16. The van der Waals surface area contributed by atoms with Gasteiger partial charge in [-0.1, -0.05) is 30.0 Å². The summed E-state index contributed by atoms with van der Waals surface area (Å²) in [5, 5.41) is 3.31. The van der Waals surface area contributed by atoms with Crippen LogP contribution in [0.2, 0.25) is 0 Å². The molecule has 0 unspecified atom stereocenters. The summed E-state index contributed by atoms with van der Waals surface area (Å²) in [4.78, 5) is 0. The van der Waals surface area contributed by atoms with Crippen molar-refractivity contribution >= 4 is 23.0 Å². The topological polar surface area (TPSA) is 12.0 Å². The van der Waals surface area contributed by atoms with Crippen LogP contribution in [0.4, 0.5) is 11.4 Å². The van der Waals surface area contributed by atoms with Gasteiger partial charge in [0.25, 0.3) is 0 Å². The second-order valence-electron chi connectivity index (χ2n) is 3.50. The molecule has 0 amide bonds. The van der Waals surface area contributed by atoms with Crippen LogP contribution in [-0.4, -0.2) is 5.88 Å². The van der Waals surface area contributed by atoms with Crippen molar-refractivity contribution in [2.24, 2.45) is 0 Å². The first-order chi connectivity index (χ1) is 8.38. The molecule has 1 nitrogen and oxygen atoms in total. The van der Waals surface area contributed by atoms with Gasteiger partial charge < -0.3 is 5.32 Å². The number of rotatable bonds is 2. The average Bonchev–Trinajstić information content (AvgIpc) is 2.39. The third-order valence-electron chi connectivity index (χ3n) is 2.25. The first-order valence-electron chi connectivity index (χ1n) is 5.35. The summed E-state index contributed by atoms with van der Waals surface area (Å²) in [5.74, 6) is 6.17. The average molecular weight is 242 g/mol. The molecule has 0 atom stereocenters. The molecule has 0 saturated carbocycles. The molecule has 2 aromatic rings. The molecule has 0 aliphatic rings. The van der Waals surface area contributed by atoms with Gasteiger partial charge in [0.2, 0.25) is 0 Å². The number of nitrogens with one attached hydrogen (secondary N) is 1. The number of halogens is 1. The molecule has 1 N–H and O–H groups in total. The molecule has 17 heavy (non-hydrogen) atoms. The third kappa shape index (κ3) is 3.55. The summed E-state index contributed by atoms with van der Waals surface area (Å²) < 4.78 is 0. The lowest BCUT2D eigenvalue weighted by Crippen LogP contribution is -1.89. The zero-order valence-corrected chi connectivity index (χ0v) is 10.0. The molecule has 0 saturated heterocycles. The van der Waals surface area contributed by atoms with Crippen molar-refractivity contribution in [2.75, 3.05) is 11.2 Å². The Bertz CT molecular complexity index is 520. The van der Waals surface area contributed by atoms with E-state index >= 15 is 0 Å². The highest BCUT2D eigenvalue weighted by Gasteiger charge is 1.93. The van der Waals surface area contributed by atoms with E-state index in [-0.39, 0.29) is 0 Å². The van der Waals surface area contributed by atoms with Crippen molar-refractivity contribution in [1.82, 2.24) is 0 Å². The van der Waals surface area contributed by atoms with E-state index in [1.165, 1.54) is 0 Å². The fourth-order valence-electron chi connectivity index (χ4n) is 1.46. The van der Waals surface area contributed by atoms with Crippen molar-refractivity contribution in [3.8, 4) is 11.8 Å². The standard InChI is InChI=1S/C15H12ClN/c16-12-4-5-13-8-10-15(11-9-13)17-14-6-2-1-3-7-14/h1-3,6-11,17H,12H2. The fourth-order valence-corrected chi connectivity index (χ4v) is 1.53. The van der Waals surface area contributed by atoms with Crippen LogP contribution >= 0.6 is 11.6 Å². The Hall–Kier alpha value is -1.91. The molecular formula is C15H12ClN. The van der Waals surface area contributed by atoms with Gasteiger partial charge in [0, 0.05) is 16.9 Å². The first kappa shape index (κ1) is 11.6. The third-order valence-corrected chi connectivity index (χ3v) is 2.38. The summed E-state index contributed by atoms with van der Waals surface area (Å²) in [6, 6.07) is 18.0. The van der Waals surface area contributed by atoms with E-state index < -0.39 is 0 Å². The number of para-hydroxylation sites is 1. The molecule has 0 aliphatic heterocycles. The van der Waals surface area contributed by atoms with Crippen LogP contribution in [0.25, 0.3) is 0 Å². The Morgan fingerprint density at radius 3 is 2.18 bits per heavy atom. The van der Waals surface area contributed by atoms with Crippen LogP contribution in [0.15, 0.2) is 54.6 Å². The molecule has 2 heteroatoms. The lowest BCUT2D eigenvalue weighted by Gasteiger charge is -2.05. The molecule has 0 radical (unpaired) electrons. The van der Waals surface area contributed by atoms with E-state index in [2.05, 4.69) is 17.2 Å². The van der Waals surface area contributed by atoms with Crippen molar-refractivity contribution < 1.29 is 0 Å². The van der Waals surface area contributed by atoms with Crippen molar-refractivity contribution in [1.29, 1.82) is 0 Å². The molecule has 2 rings (SSSR count). The minimum atomic E-state index is 0.365. The monoisotopic (exact) mass is 241 g/mol. The zero-order chi connectivity index (χ0) is 11.9. The predicted octanol–water partition coefficient (Wildman–Crippen LogP) is 4.02. The molecule has 0 spiro atoms. The lowest BCUT2D eigenvalue weighted by atomic mass is 10.2. The largest absolute Gasteiger partial charge is 0.356 e. The Morgan fingerprint density at radius 2 is 1.53 bits per heavy atom. The predicted molar refractivity (Wildman–Crippen MR) is 73.8 cm³/mol. The molecule has 2 aromatic carbocycles. The maximum absolute atomic E-state index is 5.50. The second-order valence-corrected chi connectivity index (χ2v) is 3.77. The Balaban J connectivity index is 2.08. The van der Waals surface area contributed by atoms with Crippen molar-refractivity contribution in [3.05, 3.63) is 60.2 Å². The number of benzene rings is 2. The smallest absolute Gasteiger partial charge is 0.0839 e. The molecule has 0 fully saturated rings. The first-order valence-corrected chi connectivity index (χ1v) is 5.89. The van der Waals surface area contributed by atoms with Gasteiger partial charge in [-0.05, 0) is 36.4 Å². The van der Waals surface area contributed by atoms with Gasteiger partial charge in [-0.3, -0.25) is 0 Å². The maximum atomic E-state index is 5.50. The molecular weight excluding hydrogens is 230 g/mol.